The van der Waals surface area contributed by atoms with Gasteiger partial charge in [-0.05, 0) is 42.0 Å². The number of likely N-dealkylation sites (tertiary alicyclic amines) is 1. The lowest BCUT2D eigenvalue weighted by Crippen LogP contribution is -2.51. The van der Waals surface area contributed by atoms with Gasteiger partial charge in [-0.2, -0.15) is 0 Å². The van der Waals surface area contributed by atoms with Gasteiger partial charge in [0.2, 0.25) is 23.6 Å². The molecule has 9 nitrogen and oxygen atoms in total. The number of halogens is 1. The van der Waals surface area contributed by atoms with Crippen LogP contribution in [0.1, 0.15) is 24.1 Å². The molecule has 39 heavy (non-hydrogen) atoms. The Morgan fingerprint density at radius 3 is 2.38 bits per heavy atom. The number of nitrogens with one attached hydrogen (secondary N) is 2. The van der Waals surface area contributed by atoms with E-state index in [1.54, 1.807) is 65.8 Å². The van der Waals surface area contributed by atoms with Gasteiger partial charge in [0.25, 0.3) is 0 Å². The average molecular weight is 548 g/mol. The molecule has 0 bridgehead atoms. The second-order valence-electron chi connectivity index (χ2n) is 9.06. The molecular weight excluding hydrogens is 518 g/mol. The first-order valence-electron chi connectivity index (χ1n) is 12.7. The van der Waals surface area contributed by atoms with Gasteiger partial charge in [0, 0.05) is 67.6 Å². The van der Waals surface area contributed by atoms with Gasteiger partial charge in [-0.1, -0.05) is 35.9 Å². The summed E-state index contributed by atoms with van der Waals surface area (Å²) in [6.07, 6.45) is 7.79. The number of ether oxygens (including phenoxy) is 1. The van der Waals surface area contributed by atoms with Gasteiger partial charge >= 0.3 is 0 Å². The maximum absolute atomic E-state index is 13.0. The highest BCUT2D eigenvalue weighted by Crippen LogP contribution is 2.17. The number of pyridine rings is 2. The Morgan fingerprint density at radius 1 is 1.00 bits per heavy atom. The summed E-state index contributed by atoms with van der Waals surface area (Å²) in [4.78, 5) is 48.6. The van der Waals surface area contributed by atoms with Gasteiger partial charge in [-0.25, -0.2) is 4.98 Å². The van der Waals surface area contributed by atoms with Crippen LogP contribution in [0.4, 0.5) is 0 Å². The largest absolute Gasteiger partial charge is 0.474 e. The third kappa shape index (κ3) is 8.93. The zero-order valence-corrected chi connectivity index (χ0v) is 22.1. The maximum Gasteiger partial charge on any atom is 0.244 e. The molecule has 2 aromatic heterocycles. The van der Waals surface area contributed by atoms with Crippen LogP contribution in [-0.4, -0.2) is 64.4 Å². The summed E-state index contributed by atoms with van der Waals surface area (Å²) in [5.74, 6) is -0.526. The molecule has 0 radical (unpaired) electrons. The van der Waals surface area contributed by atoms with E-state index in [-0.39, 0.29) is 25.0 Å². The Hall–Kier alpha value is -4.24. The molecule has 2 N–H and O–H groups in total. The second kappa shape index (κ2) is 14.1. The summed E-state index contributed by atoms with van der Waals surface area (Å²) in [6, 6.07) is 17.0. The van der Waals surface area contributed by atoms with Crippen molar-refractivity contribution in [3.8, 4) is 5.88 Å². The molecule has 1 aliphatic rings. The molecule has 1 atom stereocenters. The van der Waals surface area contributed by atoms with Crippen molar-refractivity contribution < 1.29 is 19.1 Å². The van der Waals surface area contributed by atoms with Crippen molar-refractivity contribution in [2.75, 3.05) is 19.6 Å². The lowest BCUT2D eigenvalue weighted by atomic mass is 10.1. The Kier molecular flexibility index (Phi) is 10.0. The molecular formula is C29H30ClN5O4. The summed E-state index contributed by atoms with van der Waals surface area (Å²) in [6.45, 7) is 0.880. The van der Waals surface area contributed by atoms with Gasteiger partial charge in [0.15, 0.2) is 0 Å². The van der Waals surface area contributed by atoms with E-state index in [1.165, 1.54) is 6.08 Å². The van der Waals surface area contributed by atoms with E-state index in [2.05, 4.69) is 20.6 Å². The van der Waals surface area contributed by atoms with Crippen LogP contribution in [0.5, 0.6) is 5.88 Å². The summed E-state index contributed by atoms with van der Waals surface area (Å²) >= 11 is 5.90. The number of hydrogen-bond acceptors (Lipinski definition) is 6. The lowest BCUT2D eigenvalue weighted by molar-refractivity contribution is -0.135. The molecule has 0 saturated carbocycles. The van der Waals surface area contributed by atoms with Gasteiger partial charge in [-0.3, -0.25) is 19.4 Å². The SMILES string of the molecule is O=C(/C=C/c1ccc(Cl)cc1)N[C@@H](Cc1ccccn1)C(=O)NCC(=O)N1CCC(Oc2ccccn2)CC1. The number of piperidine rings is 1. The number of amides is 3. The maximum atomic E-state index is 13.0. The summed E-state index contributed by atoms with van der Waals surface area (Å²) < 4.78 is 5.88. The first-order chi connectivity index (χ1) is 19.0. The third-order valence-corrected chi connectivity index (χ3v) is 6.46. The Morgan fingerprint density at radius 2 is 1.72 bits per heavy atom. The first-order valence-corrected chi connectivity index (χ1v) is 13.1. The Labute approximate surface area is 232 Å². The van der Waals surface area contributed by atoms with Crippen LogP contribution in [0.3, 0.4) is 0 Å². The summed E-state index contributed by atoms with van der Waals surface area (Å²) in [5, 5.41) is 6.01. The molecule has 0 aliphatic carbocycles. The molecule has 3 amide bonds. The Bertz CT molecular complexity index is 1260. The molecule has 0 spiro atoms. The molecule has 1 saturated heterocycles. The number of carbonyl (C=O) groups is 3. The van der Waals surface area contributed by atoms with Crippen molar-refractivity contribution in [3.63, 3.8) is 0 Å². The normalized spacial score (nSPS) is 14.5. The standard InChI is InChI=1S/C29H30ClN5O4/c30-22-10-7-21(8-11-22)9-12-26(36)34-25(19-23-5-1-3-15-31-23)29(38)33-20-28(37)35-17-13-24(14-18-35)39-27-6-2-4-16-32-27/h1-12,15-16,24-25H,13-14,17-20H2,(H,33,38)(H,34,36)/b12-9+/t25-/m0/s1. The van der Waals surface area contributed by atoms with Crippen molar-refractivity contribution >= 4 is 35.4 Å². The summed E-state index contributed by atoms with van der Waals surface area (Å²) in [7, 11) is 0. The van der Waals surface area contributed by atoms with E-state index in [0.717, 1.165) is 5.56 Å². The predicted molar refractivity (Wildman–Crippen MR) is 148 cm³/mol. The van der Waals surface area contributed by atoms with E-state index in [9.17, 15) is 14.4 Å². The van der Waals surface area contributed by atoms with Gasteiger partial charge in [0.1, 0.15) is 12.1 Å². The van der Waals surface area contributed by atoms with Gasteiger partial charge in [0.05, 0.1) is 6.54 Å². The number of benzene rings is 1. The van der Waals surface area contributed by atoms with E-state index >= 15 is 0 Å². The highest BCUT2D eigenvalue weighted by molar-refractivity contribution is 6.30. The van der Waals surface area contributed by atoms with Crippen LogP contribution in [0.25, 0.3) is 6.08 Å². The quantitative estimate of drug-likeness (QED) is 0.377. The van der Waals surface area contributed by atoms with Crippen LogP contribution in [-0.2, 0) is 20.8 Å². The van der Waals surface area contributed by atoms with Crippen LogP contribution >= 0.6 is 11.6 Å². The number of hydrogen-bond donors (Lipinski definition) is 2. The number of rotatable bonds is 10. The highest BCUT2D eigenvalue weighted by Gasteiger charge is 2.26. The van der Waals surface area contributed by atoms with Crippen molar-refractivity contribution in [2.24, 2.45) is 0 Å². The average Bonchev–Trinajstić information content (AvgIpc) is 2.96. The second-order valence-corrected chi connectivity index (χ2v) is 9.49. The Balaban J connectivity index is 1.29. The fourth-order valence-corrected chi connectivity index (χ4v) is 4.24. The number of nitrogens with zero attached hydrogens (tertiary/aromatic N) is 3. The highest BCUT2D eigenvalue weighted by atomic mass is 35.5. The summed E-state index contributed by atoms with van der Waals surface area (Å²) in [5.41, 5.74) is 1.43. The minimum atomic E-state index is -0.910. The minimum Gasteiger partial charge on any atom is -0.474 e. The predicted octanol–water partition coefficient (Wildman–Crippen LogP) is 3.06. The minimum absolute atomic E-state index is 0.0163. The molecule has 10 heteroatoms. The number of carbonyl (C=O) groups excluding carboxylic acids is 3. The van der Waals surface area contributed by atoms with Crippen LogP contribution < -0.4 is 15.4 Å². The number of aromatic nitrogens is 2. The van der Waals surface area contributed by atoms with Gasteiger partial charge < -0.3 is 20.3 Å². The fourth-order valence-electron chi connectivity index (χ4n) is 4.11. The van der Waals surface area contributed by atoms with Crippen molar-refractivity contribution in [1.29, 1.82) is 0 Å². The molecule has 1 aromatic carbocycles. The topological polar surface area (TPSA) is 114 Å². The van der Waals surface area contributed by atoms with Crippen molar-refractivity contribution in [3.05, 3.63) is 95.4 Å². The van der Waals surface area contributed by atoms with E-state index < -0.39 is 17.9 Å². The third-order valence-electron chi connectivity index (χ3n) is 6.20. The monoisotopic (exact) mass is 547 g/mol. The molecule has 202 valence electrons. The van der Waals surface area contributed by atoms with Crippen molar-refractivity contribution in [2.45, 2.75) is 31.4 Å². The molecule has 1 fully saturated rings. The molecule has 4 rings (SSSR count). The van der Waals surface area contributed by atoms with Crippen LogP contribution in [0.2, 0.25) is 5.02 Å². The van der Waals surface area contributed by atoms with Crippen molar-refractivity contribution in [1.82, 2.24) is 25.5 Å². The lowest BCUT2D eigenvalue weighted by Gasteiger charge is -2.32. The van der Waals surface area contributed by atoms with E-state index in [0.29, 0.717) is 42.5 Å². The zero-order chi connectivity index (χ0) is 27.5. The fraction of sp³-hybridized carbons (Fsp3) is 0.276. The zero-order valence-electron chi connectivity index (χ0n) is 21.3. The first kappa shape index (κ1) is 27.8. The van der Waals surface area contributed by atoms with E-state index in [1.807, 2.05) is 18.2 Å². The molecule has 0 unspecified atom stereocenters. The molecule has 1 aliphatic heterocycles. The van der Waals surface area contributed by atoms with E-state index in [4.69, 9.17) is 16.3 Å². The van der Waals surface area contributed by atoms with Crippen LogP contribution in [0.15, 0.2) is 79.1 Å². The molecule has 3 aromatic rings. The van der Waals surface area contributed by atoms with Crippen LogP contribution in [0, 0.1) is 0 Å². The molecule has 3 heterocycles. The van der Waals surface area contributed by atoms with Gasteiger partial charge in [-0.15, -0.1) is 0 Å². The smallest absolute Gasteiger partial charge is 0.244 e.